The fraction of sp³-hybridized carbons (Fsp3) is 0. The zero-order valence-electron chi connectivity index (χ0n) is 6.21. The predicted octanol–water partition coefficient (Wildman–Crippen LogP) is 3.69. The van der Waals surface area contributed by atoms with Gasteiger partial charge in [0, 0.05) is 25.9 Å². The monoisotopic (exact) mass is 316 g/mol. The van der Waals surface area contributed by atoms with E-state index in [1.807, 2.05) is 5.38 Å². The summed E-state index contributed by atoms with van der Waals surface area (Å²) < 4.78 is 1.79. The van der Waals surface area contributed by atoms with Crippen molar-refractivity contribution in [1.82, 2.24) is 4.98 Å². The van der Waals surface area contributed by atoms with Gasteiger partial charge in [-0.2, -0.15) is 5.26 Å². The van der Waals surface area contributed by atoms with Crippen LogP contribution in [0.15, 0.2) is 20.5 Å². The highest BCUT2D eigenvalue weighted by Gasteiger charge is 2.10. The molecule has 0 saturated heterocycles. The van der Waals surface area contributed by atoms with Crippen LogP contribution >= 0.6 is 43.2 Å². The Kier molecular flexibility index (Phi) is 2.37. The molecule has 0 saturated carbocycles. The lowest BCUT2D eigenvalue weighted by atomic mass is 10.2. The molecule has 2 nitrogen and oxygen atoms in total. The number of fused-ring (bicyclic) bond motifs is 1. The van der Waals surface area contributed by atoms with E-state index in [1.165, 1.54) is 0 Å². The number of rotatable bonds is 0. The molecule has 0 spiro atoms. The van der Waals surface area contributed by atoms with E-state index >= 15 is 0 Å². The van der Waals surface area contributed by atoms with Crippen molar-refractivity contribution < 1.29 is 0 Å². The quantitative estimate of drug-likeness (QED) is 0.743. The first-order valence-corrected chi connectivity index (χ1v) is 5.82. The van der Waals surface area contributed by atoms with Crippen LogP contribution in [0.4, 0.5) is 0 Å². The van der Waals surface area contributed by atoms with Gasteiger partial charge in [-0.1, -0.05) is 0 Å². The van der Waals surface area contributed by atoms with Gasteiger partial charge in [0.05, 0.1) is 5.56 Å². The lowest BCUT2D eigenvalue weighted by Gasteiger charge is -1.96. The molecule has 2 rings (SSSR count). The molecule has 5 heteroatoms. The largest absolute Gasteiger partial charge is 0.244 e. The minimum atomic E-state index is 0.562. The summed E-state index contributed by atoms with van der Waals surface area (Å²) in [5.74, 6) is 0. The third-order valence-corrected chi connectivity index (χ3v) is 4.25. The smallest absolute Gasteiger partial charge is 0.125 e. The Morgan fingerprint density at radius 2 is 2.23 bits per heavy atom. The highest BCUT2D eigenvalue weighted by Crippen LogP contribution is 2.35. The summed E-state index contributed by atoms with van der Waals surface area (Å²) in [7, 11) is 0. The zero-order valence-corrected chi connectivity index (χ0v) is 10.2. The molecule has 0 fully saturated rings. The Hall–Kier alpha value is -0.440. The summed E-state index contributed by atoms with van der Waals surface area (Å²) in [6.07, 6.45) is 1.58. The molecule has 0 radical (unpaired) electrons. The van der Waals surface area contributed by atoms with E-state index in [9.17, 15) is 0 Å². The summed E-state index contributed by atoms with van der Waals surface area (Å²) in [6, 6.07) is 2.08. The average molecular weight is 318 g/mol. The standard InChI is InChI=1S/C8H2Br2N2S/c9-5-3-13-8-6(5)7(10)4(1-11)2-12-8/h2-3H. The van der Waals surface area contributed by atoms with Gasteiger partial charge in [-0.05, 0) is 31.9 Å². The maximum Gasteiger partial charge on any atom is 0.125 e. The van der Waals surface area contributed by atoms with Gasteiger partial charge in [0.1, 0.15) is 10.9 Å². The number of aromatic nitrogens is 1. The Morgan fingerprint density at radius 3 is 2.92 bits per heavy atom. The second-order valence-corrected chi connectivity index (χ2v) is 4.87. The third kappa shape index (κ3) is 1.39. The van der Waals surface area contributed by atoms with Crippen molar-refractivity contribution >= 4 is 53.4 Å². The molecule has 2 aromatic heterocycles. The Balaban J connectivity index is 2.93. The summed E-state index contributed by atoms with van der Waals surface area (Å²) in [4.78, 5) is 5.10. The van der Waals surface area contributed by atoms with E-state index in [0.717, 1.165) is 19.2 Å². The molecule has 0 aromatic carbocycles. The van der Waals surface area contributed by atoms with E-state index in [-0.39, 0.29) is 0 Å². The highest BCUT2D eigenvalue weighted by atomic mass is 79.9. The van der Waals surface area contributed by atoms with Crippen LogP contribution in [0.3, 0.4) is 0 Å². The maximum absolute atomic E-state index is 8.77. The van der Waals surface area contributed by atoms with E-state index in [1.54, 1.807) is 17.5 Å². The van der Waals surface area contributed by atoms with Gasteiger partial charge in [-0.3, -0.25) is 0 Å². The summed E-state index contributed by atoms with van der Waals surface area (Å²) in [5.41, 5.74) is 0.562. The first-order chi connectivity index (χ1) is 6.24. The number of pyridine rings is 1. The van der Waals surface area contributed by atoms with Gasteiger partial charge in [-0.25, -0.2) is 4.98 Å². The molecule has 0 N–H and O–H groups in total. The molecule has 64 valence electrons. The van der Waals surface area contributed by atoms with Gasteiger partial charge in [-0.15, -0.1) is 11.3 Å². The average Bonchev–Trinajstić information content (AvgIpc) is 2.49. The number of thiophene rings is 1. The van der Waals surface area contributed by atoms with Crippen molar-refractivity contribution in [3.8, 4) is 6.07 Å². The van der Waals surface area contributed by atoms with E-state index in [2.05, 4.69) is 42.9 Å². The molecule has 2 heterocycles. The van der Waals surface area contributed by atoms with Crippen LogP contribution in [0.25, 0.3) is 10.2 Å². The van der Waals surface area contributed by atoms with E-state index < -0.39 is 0 Å². The summed E-state index contributed by atoms with van der Waals surface area (Å²) >= 11 is 8.35. The molecule has 0 atom stereocenters. The minimum absolute atomic E-state index is 0.562. The van der Waals surface area contributed by atoms with Gasteiger partial charge < -0.3 is 0 Å². The topological polar surface area (TPSA) is 36.7 Å². The van der Waals surface area contributed by atoms with Crippen LogP contribution in [0.5, 0.6) is 0 Å². The van der Waals surface area contributed by atoms with Gasteiger partial charge in [0.2, 0.25) is 0 Å². The van der Waals surface area contributed by atoms with Crippen LogP contribution in [0.2, 0.25) is 0 Å². The second kappa shape index (κ2) is 3.37. The molecule has 0 aliphatic rings. The minimum Gasteiger partial charge on any atom is -0.244 e. The van der Waals surface area contributed by atoms with Crippen molar-refractivity contribution in [3.63, 3.8) is 0 Å². The highest BCUT2D eigenvalue weighted by molar-refractivity contribution is 9.11. The first kappa shape index (κ1) is 9.13. The molecule has 0 aliphatic heterocycles. The Bertz CT molecular complexity index is 513. The van der Waals surface area contributed by atoms with E-state index in [0.29, 0.717) is 5.56 Å². The molecule has 2 aromatic rings. The number of hydrogen-bond acceptors (Lipinski definition) is 3. The Labute approximate surface area is 95.5 Å². The van der Waals surface area contributed by atoms with Crippen molar-refractivity contribution in [2.45, 2.75) is 0 Å². The molecule has 0 aliphatic carbocycles. The second-order valence-electron chi connectivity index (χ2n) is 2.36. The molecular formula is C8H2Br2N2S. The van der Waals surface area contributed by atoms with Crippen molar-refractivity contribution in [3.05, 3.63) is 26.1 Å². The zero-order chi connectivity index (χ0) is 9.42. The van der Waals surface area contributed by atoms with Gasteiger partial charge in [0.15, 0.2) is 0 Å². The van der Waals surface area contributed by atoms with Crippen molar-refractivity contribution in [2.75, 3.05) is 0 Å². The van der Waals surface area contributed by atoms with Crippen LogP contribution in [0, 0.1) is 11.3 Å². The van der Waals surface area contributed by atoms with E-state index in [4.69, 9.17) is 5.26 Å². The molecule has 13 heavy (non-hydrogen) atoms. The van der Waals surface area contributed by atoms with Gasteiger partial charge in [0.25, 0.3) is 0 Å². The van der Waals surface area contributed by atoms with Crippen molar-refractivity contribution in [2.24, 2.45) is 0 Å². The van der Waals surface area contributed by atoms with Crippen LogP contribution in [-0.4, -0.2) is 4.98 Å². The Morgan fingerprint density at radius 1 is 1.46 bits per heavy atom. The molecule has 0 bridgehead atoms. The normalized spacial score (nSPS) is 10.2. The summed E-state index contributed by atoms with van der Waals surface area (Å²) in [6.45, 7) is 0. The van der Waals surface area contributed by atoms with Crippen molar-refractivity contribution in [1.29, 1.82) is 5.26 Å². The van der Waals surface area contributed by atoms with Gasteiger partial charge >= 0.3 is 0 Å². The number of nitriles is 1. The lowest BCUT2D eigenvalue weighted by molar-refractivity contribution is 1.38. The van der Waals surface area contributed by atoms with Crippen LogP contribution in [-0.2, 0) is 0 Å². The third-order valence-electron chi connectivity index (χ3n) is 1.61. The van der Waals surface area contributed by atoms with Crippen LogP contribution in [0.1, 0.15) is 5.56 Å². The SMILES string of the molecule is N#Cc1cnc2scc(Br)c2c1Br. The number of nitrogens with zero attached hydrogens (tertiary/aromatic N) is 2. The molecular weight excluding hydrogens is 316 g/mol. The fourth-order valence-electron chi connectivity index (χ4n) is 1.01. The maximum atomic E-state index is 8.77. The fourth-order valence-corrected chi connectivity index (χ4v) is 3.58. The molecule has 0 amide bonds. The number of halogens is 2. The van der Waals surface area contributed by atoms with Crippen LogP contribution < -0.4 is 0 Å². The summed E-state index contributed by atoms with van der Waals surface area (Å²) in [5, 5.41) is 11.7. The molecule has 0 unspecified atom stereocenters. The lowest BCUT2D eigenvalue weighted by Crippen LogP contribution is -1.81. The predicted molar refractivity (Wildman–Crippen MR) is 59.7 cm³/mol. The first-order valence-electron chi connectivity index (χ1n) is 3.35. The number of hydrogen-bond donors (Lipinski definition) is 0.